The Morgan fingerprint density at radius 1 is 1.33 bits per heavy atom. The Labute approximate surface area is 91.6 Å². The molecule has 0 saturated heterocycles. The lowest BCUT2D eigenvalue weighted by Crippen LogP contribution is -2.44. The van der Waals surface area contributed by atoms with E-state index in [0.717, 1.165) is 0 Å². The van der Waals surface area contributed by atoms with Gasteiger partial charge in [-0.25, -0.2) is 10.2 Å². The van der Waals surface area contributed by atoms with Gasteiger partial charge < -0.3 is 5.73 Å². The molecular formula is C9H10ClN3O2. The lowest BCUT2D eigenvalue weighted by Gasteiger charge is -2.07. The largest absolute Gasteiger partial charge is 0.350 e. The first-order valence-electron chi connectivity index (χ1n) is 4.12. The van der Waals surface area contributed by atoms with Crippen LogP contribution in [-0.4, -0.2) is 11.9 Å². The van der Waals surface area contributed by atoms with Gasteiger partial charge in [0.2, 0.25) is 0 Å². The lowest BCUT2D eigenvalue weighted by atomic mass is 10.1. The highest BCUT2D eigenvalue weighted by molar-refractivity contribution is 6.30. The van der Waals surface area contributed by atoms with Crippen LogP contribution in [0.3, 0.4) is 0 Å². The fourth-order valence-electron chi connectivity index (χ4n) is 1.07. The summed E-state index contributed by atoms with van der Waals surface area (Å²) < 4.78 is 0. The first-order valence-corrected chi connectivity index (χ1v) is 4.50. The number of halogens is 1. The summed E-state index contributed by atoms with van der Waals surface area (Å²) in [5.74, 6) is -0.442. The fourth-order valence-corrected chi connectivity index (χ4v) is 1.29. The Hall–Kier alpha value is -1.75. The van der Waals surface area contributed by atoms with E-state index in [0.29, 0.717) is 16.1 Å². The molecule has 3 amide bonds. The molecule has 0 aliphatic heterocycles. The first kappa shape index (κ1) is 11.3. The Bertz CT molecular complexity index is 406. The molecule has 6 heteroatoms. The van der Waals surface area contributed by atoms with Gasteiger partial charge in [-0.2, -0.15) is 0 Å². The Kier molecular flexibility index (Phi) is 3.51. The fraction of sp³-hybridized carbons (Fsp3) is 0.111. The van der Waals surface area contributed by atoms with Gasteiger partial charge in [0.05, 0.1) is 0 Å². The predicted molar refractivity (Wildman–Crippen MR) is 56.4 cm³/mol. The number of aryl methyl sites for hydroxylation is 1. The molecule has 0 heterocycles. The number of benzene rings is 1. The number of nitrogens with two attached hydrogens (primary N) is 1. The maximum Gasteiger partial charge on any atom is 0.330 e. The Morgan fingerprint density at radius 2 is 2.00 bits per heavy atom. The second-order valence-electron chi connectivity index (χ2n) is 2.90. The van der Waals surface area contributed by atoms with Crippen molar-refractivity contribution >= 4 is 23.5 Å². The van der Waals surface area contributed by atoms with Crippen LogP contribution in [0.15, 0.2) is 18.2 Å². The summed E-state index contributed by atoms with van der Waals surface area (Å²) in [7, 11) is 0. The molecule has 4 N–H and O–H groups in total. The van der Waals surface area contributed by atoms with Crippen molar-refractivity contribution < 1.29 is 9.59 Å². The molecule has 80 valence electrons. The number of amides is 3. The van der Waals surface area contributed by atoms with E-state index in [-0.39, 0.29) is 0 Å². The summed E-state index contributed by atoms with van der Waals surface area (Å²) in [6.07, 6.45) is 0. The van der Waals surface area contributed by atoms with Gasteiger partial charge in [0.25, 0.3) is 5.91 Å². The normalized spacial score (nSPS) is 9.47. The smallest absolute Gasteiger partial charge is 0.330 e. The van der Waals surface area contributed by atoms with Gasteiger partial charge in [-0.3, -0.25) is 10.2 Å². The number of carbonyl (C=O) groups is 2. The van der Waals surface area contributed by atoms with Crippen molar-refractivity contribution in [2.75, 3.05) is 0 Å². The summed E-state index contributed by atoms with van der Waals surface area (Å²) in [6.45, 7) is 1.74. The summed E-state index contributed by atoms with van der Waals surface area (Å²) in [5.41, 5.74) is 10.1. The van der Waals surface area contributed by atoms with E-state index in [1.54, 1.807) is 25.1 Å². The molecular weight excluding hydrogens is 218 g/mol. The van der Waals surface area contributed by atoms with Crippen LogP contribution in [0.4, 0.5) is 4.79 Å². The van der Waals surface area contributed by atoms with E-state index >= 15 is 0 Å². The molecule has 1 aromatic carbocycles. The molecule has 0 atom stereocenters. The highest BCUT2D eigenvalue weighted by Gasteiger charge is 2.08. The second kappa shape index (κ2) is 4.65. The monoisotopic (exact) mass is 227 g/mol. The van der Waals surface area contributed by atoms with Crippen LogP contribution < -0.4 is 16.6 Å². The van der Waals surface area contributed by atoms with E-state index in [9.17, 15) is 9.59 Å². The van der Waals surface area contributed by atoms with Gasteiger partial charge in [0, 0.05) is 10.6 Å². The third kappa shape index (κ3) is 3.14. The molecule has 0 spiro atoms. The third-order valence-electron chi connectivity index (χ3n) is 1.73. The average molecular weight is 228 g/mol. The number of rotatable bonds is 1. The Morgan fingerprint density at radius 3 is 2.53 bits per heavy atom. The highest BCUT2D eigenvalue weighted by Crippen LogP contribution is 2.14. The number of hydrogen-bond acceptors (Lipinski definition) is 2. The van der Waals surface area contributed by atoms with Crippen molar-refractivity contribution in [2.45, 2.75) is 6.92 Å². The van der Waals surface area contributed by atoms with Gasteiger partial charge in [-0.15, -0.1) is 0 Å². The van der Waals surface area contributed by atoms with Crippen molar-refractivity contribution in [3.63, 3.8) is 0 Å². The van der Waals surface area contributed by atoms with E-state index < -0.39 is 11.9 Å². The van der Waals surface area contributed by atoms with Crippen molar-refractivity contribution in [3.8, 4) is 0 Å². The van der Waals surface area contributed by atoms with E-state index in [2.05, 4.69) is 5.43 Å². The van der Waals surface area contributed by atoms with E-state index in [1.165, 1.54) is 0 Å². The van der Waals surface area contributed by atoms with Crippen LogP contribution in [0.25, 0.3) is 0 Å². The molecule has 0 aromatic heterocycles. The molecule has 0 saturated carbocycles. The van der Waals surface area contributed by atoms with Gasteiger partial charge >= 0.3 is 6.03 Å². The number of carbonyl (C=O) groups excluding carboxylic acids is 2. The number of nitrogens with one attached hydrogen (secondary N) is 2. The molecule has 1 aromatic rings. The maximum atomic E-state index is 11.5. The molecule has 0 unspecified atom stereocenters. The van der Waals surface area contributed by atoms with E-state index in [1.807, 2.05) is 5.43 Å². The summed E-state index contributed by atoms with van der Waals surface area (Å²) in [6, 6.07) is 3.99. The highest BCUT2D eigenvalue weighted by atomic mass is 35.5. The molecule has 0 bridgehead atoms. The van der Waals surface area contributed by atoms with Crippen LogP contribution >= 0.6 is 11.6 Å². The third-order valence-corrected chi connectivity index (χ3v) is 1.97. The Balaban J connectivity index is 2.78. The zero-order valence-corrected chi connectivity index (χ0v) is 8.76. The second-order valence-corrected chi connectivity index (χ2v) is 3.34. The van der Waals surface area contributed by atoms with Crippen molar-refractivity contribution in [1.29, 1.82) is 0 Å². The predicted octanol–water partition coefficient (Wildman–Crippen LogP) is 0.962. The lowest BCUT2D eigenvalue weighted by molar-refractivity contribution is 0.0937. The minimum Gasteiger partial charge on any atom is -0.350 e. The minimum absolute atomic E-state index is 0.424. The molecule has 15 heavy (non-hydrogen) atoms. The standard InChI is InChI=1S/C9H10ClN3O2/c1-5-4-6(10)2-3-7(5)8(14)12-13-9(11)15/h2-4H,1H3,(H,12,14)(H3,11,13,15). The molecule has 0 aliphatic rings. The van der Waals surface area contributed by atoms with Gasteiger partial charge in [-0.1, -0.05) is 11.6 Å². The summed E-state index contributed by atoms with van der Waals surface area (Å²) >= 11 is 5.73. The maximum absolute atomic E-state index is 11.5. The summed E-state index contributed by atoms with van der Waals surface area (Å²) in [5, 5.41) is 0.548. The molecule has 0 aliphatic carbocycles. The van der Waals surface area contributed by atoms with Crippen LogP contribution in [-0.2, 0) is 0 Å². The molecule has 5 nitrogen and oxygen atoms in total. The SMILES string of the molecule is Cc1cc(Cl)ccc1C(=O)NNC(N)=O. The van der Waals surface area contributed by atoms with Crippen molar-refractivity contribution in [2.24, 2.45) is 5.73 Å². The van der Waals surface area contributed by atoms with E-state index in [4.69, 9.17) is 17.3 Å². The molecule has 1 rings (SSSR count). The molecule has 0 radical (unpaired) electrons. The van der Waals surface area contributed by atoms with Crippen LogP contribution in [0.2, 0.25) is 5.02 Å². The van der Waals surface area contributed by atoms with Crippen molar-refractivity contribution in [3.05, 3.63) is 34.3 Å². The summed E-state index contributed by atoms with van der Waals surface area (Å²) in [4.78, 5) is 21.8. The zero-order valence-electron chi connectivity index (χ0n) is 8.00. The topological polar surface area (TPSA) is 84.2 Å². The van der Waals surface area contributed by atoms with Gasteiger partial charge in [-0.05, 0) is 30.7 Å². The quantitative estimate of drug-likeness (QED) is 0.625. The minimum atomic E-state index is -0.824. The average Bonchev–Trinajstić information content (AvgIpc) is 2.14. The van der Waals surface area contributed by atoms with Crippen LogP contribution in [0, 0.1) is 6.92 Å². The molecule has 0 fully saturated rings. The number of urea groups is 1. The number of primary amides is 1. The van der Waals surface area contributed by atoms with Crippen LogP contribution in [0.5, 0.6) is 0 Å². The van der Waals surface area contributed by atoms with Crippen molar-refractivity contribution in [1.82, 2.24) is 10.9 Å². The zero-order chi connectivity index (χ0) is 11.4. The number of hydrogen-bond donors (Lipinski definition) is 3. The number of hydrazine groups is 1. The first-order chi connectivity index (χ1) is 7.00. The van der Waals surface area contributed by atoms with Gasteiger partial charge in [0.15, 0.2) is 0 Å². The van der Waals surface area contributed by atoms with Crippen LogP contribution in [0.1, 0.15) is 15.9 Å². The van der Waals surface area contributed by atoms with Gasteiger partial charge in [0.1, 0.15) is 0 Å².